The van der Waals surface area contributed by atoms with Gasteiger partial charge < -0.3 is 25.3 Å². The molecule has 0 fully saturated rings. The van der Waals surface area contributed by atoms with Crippen molar-refractivity contribution in [1.82, 2.24) is 0 Å². The van der Waals surface area contributed by atoms with Gasteiger partial charge in [0.25, 0.3) is 0 Å². The molecule has 0 aliphatic carbocycles. The van der Waals surface area contributed by atoms with Crippen molar-refractivity contribution in [3.8, 4) is 11.5 Å². The molecule has 0 amide bonds. The Bertz CT molecular complexity index is 817. The first-order valence-corrected chi connectivity index (χ1v) is 8.32. The third-order valence-electron chi connectivity index (χ3n) is 3.61. The van der Waals surface area contributed by atoms with Crippen molar-refractivity contribution in [2.75, 3.05) is 26.1 Å². The number of benzene rings is 2. The summed E-state index contributed by atoms with van der Waals surface area (Å²) in [5.74, 6) is 1.32. The van der Waals surface area contributed by atoms with Gasteiger partial charge in [-0.25, -0.2) is 4.99 Å². The van der Waals surface area contributed by atoms with Gasteiger partial charge in [0.1, 0.15) is 6.61 Å². The SMILES string of the molecule is COc1ccc(NC(N)=NCc2cccc(COCC(F)(F)F)c2)cc1OC.I. The van der Waals surface area contributed by atoms with Gasteiger partial charge in [0.05, 0.1) is 27.4 Å². The third kappa shape index (κ3) is 8.77. The van der Waals surface area contributed by atoms with Gasteiger partial charge in [0, 0.05) is 11.8 Å². The van der Waals surface area contributed by atoms with Crippen LogP contribution in [0.3, 0.4) is 0 Å². The summed E-state index contributed by atoms with van der Waals surface area (Å²) in [5.41, 5.74) is 8.00. The van der Waals surface area contributed by atoms with Gasteiger partial charge in [0.2, 0.25) is 0 Å². The van der Waals surface area contributed by atoms with Gasteiger partial charge in [0.15, 0.2) is 17.5 Å². The van der Waals surface area contributed by atoms with Crippen LogP contribution in [0.15, 0.2) is 47.5 Å². The van der Waals surface area contributed by atoms with Crippen LogP contribution in [-0.2, 0) is 17.9 Å². The number of methoxy groups -OCH3 is 2. The molecule has 0 aromatic heterocycles. The maximum atomic E-state index is 12.1. The second-order valence-corrected chi connectivity index (χ2v) is 5.82. The number of anilines is 1. The maximum absolute atomic E-state index is 12.1. The Morgan fingerprint density at radius 3 is 2.38 bits per heavy atom. The van der Waals surface area contributed by atoms with Crippen molar-refractivity contribution in [2.45, 2.75) is 19.3 Å². The average Bonchev–Trinajstić information content (AvgIpc) is 2.65. The molecule has 0 aliphatic rings. The highest BCUT2D eigenvalue weighted by Gasteiger charge is 2.27. The number of nitrogens with zero attached hydrogens (tertiary/aromatic N) is 1. The highest BCUT2D eigenvalue weighted by atomic mass is 127. The number of ether oxygens (including phenoxy) is 3. The summed E-state index contributed by atoms with van der Waals surface area (Å²) in [7, 11) is 3.08. The molecule has 0 unspecified atom stereocenters. The van der Waals surface area contributed by atoms with Gasteiger partial charge in [-0.2, -0.15) is 13.2 Å². The van der Waals surface area contributed by atoms with E-state index in [1.54, 1.807) is 49.6 Å². The Labute approximate surface area is 184 Å². The molecule has 160 valence electrons. The highest BCUT2D eigenvalue weighted by molar-refractivity contribution is 14.0. The van der Waals surface area contributed by atoms with Gasteiger partial charge in [-0.3, -0.25) is 0 Å². The Morgan fingerprint density at radius 1 is 1.03 bits per heavy atom. The molecule has 0 atom stereocenters. The van der Waals surface area contributed by atoms with E-state index >= 15 is 0 Å². The van der Waals surface area contributed by atoms with E-state index in [4.69, 9.17) is 15.2 Å². The molecular weight excluding hydrogens is 502 g/mol. The lowest BCUT2D eigenvalue weighted by Gasteiger charge is -2.11. The predicted octanol–water partition coefficient (Wildman–Crippen LogP) is 4.33. The monoisotopic (exact) mass is 525 g/mol. The molecule has 0 heterocycles. The van der Waals surface area contributed by atoms with Crippen LogP contribution in [-0.4, -0.2) is 33.0 Å². The minimum atomic E-state index is -4.34. The molecule has 2 aromatic carbocycles. The molecule has 0 saturated heterocycles. The third-order valence-corrected chi connectivity index (χ3v) is 3.61. The number of nitrogens with two attached hydrogens (primary N) is 1. The van der Waals surface area contributed by atoms with Gasteiger partial charge >= 0.3 is 6.18 Å². The average molecular weight is 525 g/mol. The Balaban J connectivity index is 0.00000420. The van der Waals surface area contributed by atoms with Crippen molar-refractivity contribution < 1.29 is 27.4 Å². The van der Waals surface area contributed by atoms with E-state index in [1.807, 2.05) is 0 Å². The normalized spacial score (nSPS) is 11.6. The Kier molecular flexibility index (Phi) is 10.0. The number of hydrogen-bond acceptors (Lipinski definition) is 4. The topological polar surface area (TPSA) is 78.1 Å². The summed E-state index contributed by atoms with van der Waals surface area (Å²) in [6.07, 6.45) is -4.34. The van der Waals surface area contributed by atoms with Gasteiger partial charge in [-0.15, -0.1) is 24.0 Å². The van der Waals surface area contributed by atoms with Gasteiger partial charge in [-0.05, 0) is 23.3 Å². The molecule has 10 heteroatoms. The molecule has 29 heavy (non-hydrogen) atoms. The summed E-state index contributed by atoms with van der Waals surface area (Å²) in [5, 5.41) is 2.95. The molecular formula is C19H23F3IN3O3. The molecule has 0 radical (unpaired) electrons. The summed E-state index contributed by atoms with van der Waals surface area (Å²) < 4.78 is 51.5. The zero-order valence-electron chi connectivity index (χ0n) is 16.0. The lowest BCUT2D eigenvalue weighted by Crippen LogP contribution is -2.22. The van der Waals surface area contributed by atoms with E-state index in [1.165, 1.54) is 7.11 Å². The first kappa shape index (κ1) is 24.8. The standard InChI is InChI=1S/C19H22F3N3O3.HI/c1-26-16-7-6-15(9-17(16)27-2)25-18(23)24-10-13-4-3-5-14(8-13)11-28-12-19(20,21)22;/h3-9H,10-12H2,1-2H3,(H3,23,24,25);1H. The smallest absolute Gasteiger partial charge is 0.411 e. The quantitative estimate of drug-likeness (QED) is 0.305. The summed E-state index contributed by atoms with van der Waals surface area (Å²) in [6.45, 7) is -1.15. The number of halogens is 4. The van der Waals surface area contributed by atoms with Crippen LogP contribution in [0.2, 0.25) is 0 Å². The Morgan fingerprint density at radius 2 is 1.72 bits per heavy atom. The van der Waals surface area contributed by atoms with Crippen molar-refractivity contribution in [1.29, 1.82) is 0 Å². The summed E-state index contributed by atoms with van der Waals surface area (Å²) in [4.78, 5) is 4.24. The van der Waals surface area contributed by atoms with Crippen molar-refractivity contribution in [2.24, 2.45) is 10.7 Å². The fraction of sp³-hybridized carbons (Fsp3) is 0.316. The van der Waals surface area contributed by atoms with E-state index in [0.717, 1.165) is 5.56 Å². The fourth-order valence-electron chi connectivity index (χ4n) is 2.38. The molecule has 0 saturated carbocycles. The van der Waals surface area contributed by atoms with Crippen LogP contribution in [0.1, 0.15) is 11.1 Å². The molecule has 2 aromatic rings. The summed E-state index contributed by atoms with van der Waals surface area (Å²) >= 11 is 0. The van der Waals surface area contributed by atoms with Gasteiger partial charge in [-0.1, -0.05) is 24.3 Å². The van der Waals surface area contributed by atoms with Crippen LogP contribution >= 0.6 is 24.0 Å². The van der Waals surface area contributed by atoms with E-state index in [9.17, 15) is 13.2 Å². The number of nitrogens with one attached hydrogen (secondary N) is 1. The van der Waals surface area contributed by atoms with E-state index < -0.39 is 12.8 Å². The number of alkyl halides is 3. The van der Waals surface area contributed by atoms with Crippen molar-refractivity contribution >= 4 is 35.6 Å². The minimum absolute atomic E-state index is 0. The molecule has 0 bridgehead atoms. The van der Waals surface area contributed by atoms with E-state index in [2.05, 4.69) is 15.0 Å². The first-order chi connectivity index (χ1) is 13.3. The van der Waals surface area contributed by atoms with Crippen molar-refractivity contribution in [3.63, 3.8) is 0 Å². The molecule has 0 aliphatic heterocycles. The van der Waals surface area contributed by atoms with E-state index in [-0.39, 0.29) is 43.1 Å². The Hall–Kier alpha value is -2.21. The zero-order valence-corrected chi connectivity index (χ0v) is 18.3. The number of hydrogen-bond donors (Lipinski definition) is 2. The second-order valence-electron chi connectivity index (χ2n) is 5.82. The fourth-order valence-corrected chi connectivity index (χ4v) is 2.38. The lowest BCUT2D eigenvalue weighted by atomic mass is 10.1. The molecule has 2 rings (SSSR count). The van der Waals surface area contributed by atoms with Crippen LogP contribution in [0.5, 0.6) is 11.5 Å². The van der Waals surface area contributed by atoms with Crippen LogP contribution in [0.25, 0.3) is 0 Å². The maximum Gasteiger partial charge on any atom is 0.411 e. The van der Waals surface area contributed by atoms with Crippen LogP contribution in [0, 0.1) is 0 Å². The van der Waals surface area contributed by atoms with Crippen LogP contribution < -0.4 is 20.5 Å². The highest BCUT2D eigenvalue weighted by Crippen LogP contribution is 2.29. The largest absolute Gasteiger partial charge is 0.493 e. The van der Waals surface area contributed by atoms with E-state index in [0.29, 0.717) is 22.7 Å². The molecule has 0 spiro atoms. The zero-order chi connectivity index (χ0) is 20.6. The van der Waals surface area contributed by atoms with Crippen molar-refractivity contribution in [3.05, 3.63) is 53.6 Å². The first-order valence-electron chi connectivity index (χ1n) is 8.32. The van der Waals surface area contributed by atoms with Crippen LogP contribution in [0.4, 0.5) is 18.9 Å². The molecule has 6 nitrogen and oxygen atoms in total. The number of aliphatic imine (C=N–C) groups is 1. The minimum Gasteiger partial charge on any atom is -0.493 e. The second kappa shape index (κ2) is 11.7. The molecule has 3 N–H and O–H groups in total. The lowest BCUT2D eigenvalue weighted by molar-refractivity contribution is -0.176. The number of guanidine groups is 1. The number of rotatable bonds is 8. The summed E-state index contributed by atoms with van der Waals surface area (Å²) in [6, 6.07) is 12.2. The predicted molar refractivity (Wildman–Crippen MR) is 116 cm³/mol.